The van der Waals surface area contributed by atoms with Gasteiger partial charge in [-0.1, -0.05) is 0 Å². The molecule has 0 fully saturated rings. The molecule has 0 aliphatic heterocycles. The molecule has 0 spiro atoms. The number of nitrogens with zero attached hydrogens (tertiary/aromatic N) is 1. The fraction of sp³-hybridized carbons (Fsp3) is 0.261. The molecule has 8 nitrogen and oxygen atoms in total. The molecule has 0 aliphatic carbocycles. The molecule has 0 bridgehead atoms. The number of anilines is 1. The number of nitrogens with one attached hydrogen (secondary N) is 3. The highest BCUT2D eigenvalue weighted by Crippen LogP contribution is 2.31. The number of benzene rings is 2. The van der Waals surface area contributed by atoms with Crippen LogP contribution in [-0.4, -0.2) is 35.0 Å². The van der Waals surface area contributed by atoms with Crippen molar-refractivity contribution in [3.63, 3.8) is 0 Å². The number of rotatable bonds is 9. The summed E-state index contributed by atoms with van der Waals surface area (Å²) in [5.74, 6) is 1.02. The number of hydrogen-bond acceptors (Lipinski definition) is 6. The molecule has 0 saturated heterocycles. The highest BCUT2D eigenvalue weighted by atomic mass is 35.5. The molecule has 3 rings (SSSR count). The predicted molar refractivity (Wildman–Crippen MR) is 128 cm³/mol. The second kappa shape index (κ2) is 11.2. The van der Waals surface area contributed by atoms with Crippen molar-refractivity contribution in [2.45, 2.75) is 26.8 Å². The van der Waals surface area contributed by atoms with E-state index in [2.05, 4.69) is 15.3 Å². The van der Waals surface area contributed by atoms with Crippen molar-refractivity contribution < 1.29 is 14.3 Å². The van der Waals surface area contributed by atoms with Crippen molar-refractivity contribution in [2.24, 2.45) is 5.73 Å². The quantitative estimate of drug-likeness (QED) is 0.216. The van der Waals surface area contributed by atoms with Crippen LogP contribution in [0.3, 0.4) is 0 Å². The highest BCUT2D eigenvalue weighted by molar-refractivity contribution is 5.95. The van der Waals surface area contributed by atoms with E-state index in [0.29, 0.717) is 29.2 Å². The first-order valence-corrected chi connectivity index (χ1v) is 10.1. The van der Waals surface area contributed by atoms with Crippen LogP contribution in [0.2, 0.25) is 0 Å². The van der Waals surface area contributed by atoms with E-state index in [4.69, 9.17) is 20.6 Å². The molecule has 1 aromatic heterocycles. The van der Waals surface area contributed by atoms with E-state index in [-0.39, 0.29) is 24.8 Å². The minimum atomic E-state index is -0.758. The van der Waals surface area contributed by atoms with Gasteiger partial charge in [0.05, 0.1) is 25.1 Å². The molecule has 1 atom stereocenters. The van der Waals surface area contributed by atoms with E-state index >= 15 is 0 Å². The Morgan fingerprint density at radius 3 is 2.47 bits per heavy atom. The summed E-state index contributed by atoms with van der Waals surface area (Å²) in [5.41, 5.74) is 9.21. The standard InChI is InChI=1S/C23H27N5O3.ClH/c1-4-30-19-11-16(20-13-26-14(3)27-20)10-17(12-19)21(23(29)31-5-2)28-18-8-6-15(7-9-18)22(24)25;/h6-13,21,28H,4-5H2,1-3H3,(H3,24,25)(H,26,27);1H. The number of H-pyrrole nitrogens is 1. The lowest BCUT2D eigenvalue weighted by Crippen LogP contribution is -2.23. The zero-order chi connectivity index (χ0) is 22.4. The molecule has 32 heavy (non-hydrogen) atoms. The smallest absolute Gasteiger partial charge is 0.333 e. The van der Waals surface area contributed by atoms with Crippen molar-refractivity contribution in [1.82, 2.24) is 9.97 Å². The summed E-state index contributed by atoms with van der Waals surface area (Å²) in [6.07, 6.45) is 1.75. The van der Waals surface area contributed by atoms with Gasteiger partial charge in [0.2, 0.25) is 0 Å². The van der Waals surface area contributed by atoms with E-state index < -0.39 is 12.0 Å². The van der Waals surface area contributed by atoms with Gasteiger partial charge < -0.3 is 25.5 Å². The summed E-state index contributed by atoms with van der Waals surface area (Å²) < 4.78 is 11.1. The number of aromatic nitrogens is 2. The summed E-state index contributed by atoms with van der Waals surface area (Å²) in [7, 11) is 0. The average molecular weight is 458 g/mol. The van der Waals surface area contributed by atoms with Crippen LogP contribution in [0.1, 0.15) is 36.8 Å². The Bertz CT molecular complexity index is 1070. The molecule has 2 aromatic carbocycles. The Labute approximate surface area is 193 Å². The maximum absolute atomic E-state index is 12.8. The van der Waals surface area contributed by atoms with Gasteiger partial charge in [-0.2, -0.15) is 0 Å². The summed E-state index contributed by atoms with van der Waals surface area (Å²) in [6.45, 7) is 6.31. The lowest BCUT2D eigenvalue weighted by Gasteiger charge is -2.20. The molecule has 0 saturated carbocycles. The van der Waals surface area contributed by atoms with Gasteiger partial charge in [-0.25, -0.2) is 9.78 Å². The second-order valence-electron chi connectivity index (χ2n) is 6.93. The first kappa shape index (κ1) is 24.7. The zero-order valence-electron chi connectivity index (χ0n) is 18.3. The number of aryl methyl sites for hydroxylation is 1. The van der Waals surface area contributed by atoms with E-state index in [1.807, 2.05) is 32.0 Å². The maximum Gasteiger partial charge on any atom is 0.333 e. The lowest BCUT2D eigenvalue weighted by atomic mass is 10.0. The molecule has 0 radical (unpaired) electrons. The monoisotopic (exact) mass is 457 g/mol. The number of ether oxygens (including phenoxy) is 2. The van der Waals surface area contributed by atoms with Crippen LogP contribution in [0.5, 0.6) is 5.75 Å². The molecule has 9 heteroatoms. The number of nitrogens with two attached hydrogens (primary N) is 1. The van der Waals surface area contributed by atoms with Gasteiger partial charge in [-0.15, -0.1) is 12.4 Å². The normalized spacial score (nSPS) is 11.2. The van der Waals surface area contributed by atoms with Crippen LogP contribution in [0, 0.1) is 12.3 Å². The number of amidine groups is 1. The van der Waals surface area contributed by atoms with Crippen molar-refractivity contribution in [1.29, 1.82) is 5.41 Å². The zero-order valence-corrected chi connectivity index (χ0v) is 19.1. The minimum absolute atomic E-state index is 0. The van der Waals surface area contributed by atoms with Gasteiger partial charge in [-0.05, 0) is 68.8 Å². The molecule has 1 heterocycles. The molecule has 0 amide bonds. The van der Waals surface area contributed by atoms with Gasteiger partial charge in [0.15, 0.2) is 6.04 Å². The Hall–Kier alpha value is -3.52. The van der Waals surface area contributed by atoms with Crippen molar-refractivity contribution in [3.05, 3.63) is 65.6 Å². The van der Waals surface area contributed by atoms with Crippen LogP contribution >= 0.6 is 12.4 Å². The van der Waals surface area contributed by atoms with E-state index in [0.717, 1.165) is 17.1 Å². The number of carbonyl (C=O) groups is 1. The molecule has 1 unspecified atom stereocenters. The van der Waals surface area contributed by atoms with Crippen molar-refractivity contribution >= 4 is 29.9 Å². The fourth-order valence-electron chi connectivity index (χ4n) is 3.18. The van der Waals surface area contributed by atoms with Crippen molar-refractivity contribution in [2.75, 3.05) is 18.5 Å². The fourth-order valence-corrected chi connectivity index (χ4v) is 3.18. The maximum atomic E-state index is 12.8. The van der Waals surface area contributed by atoms with E-state index in [9.17, 15) is 4.79 Å². The third-order valence-corrected chi connectivity index (χ3v) is 4.62. The molecule has 0 aliphatic rings. The molecular weight excluding hydrogens is 430 g/mol. The number of halogens is 1. The number of aromatic amines is 1. The SMILES string of the molecule is CCOC(=O)C(Nc1ccc(C(=N)N)cc1)c1cc(OCC)cc(-c2cnc(C)[nH]2)c1.Cl. The lowest BCUT2D eigenvalue weighted by molar-refractivity contribution is -0.144. The Morgan fingerprint density at radius 1 is 1.19 bits per heavy atom. The van der Waals surface area contributed by atoms with Crippen LogP contribution in [-0.2, 0) is 9.53 Å². The Kier molecular flexibility index (Phi) is 8.66. The Morgan fingerprint density at radius 2 is 1.91 bits per heavy atom. The summed E-state index contributed by atoms with van der Waals surface area (Å²) in [6, 6.07) is 11.9. The topological polar surface area (TPSA) is 126 Å². The molecule has 170 valence electrons. The van der Waals surface area contributed by atoms with Crippen LogP contribution in [0.25, 0.3) is 11.3 Å². The summed E-state index contributed by atoms with van der Waals surface area (Å²) in [4.78, 5) is 20.3. The third kappa shape index (κ3) is 6.01. The van der Waals surface area contributed by atoms with Gasteiger partial charge in [-0.3, -0.25) is 5.41 Å². The number of esters is 1. The number of imidazole rings is 1. The highest BCUT2D eigenvalue weighted by Gasteiger charge is 2.24. The summed E-state index contributed by atoms with van der Waals surface area (Å²) >= 11 is 0. The minimum Gasteiger partial charge on any atom is -0.494 e. The number of nitrogen functional groups attached to an aromatic ring is 1. The number of hydrogen-bond donors (Lipinski definition) is 4. The van der Waals surface area contributed by atoms with Crippen molar-refractivity contribution in [3.8, 4) is 17.0 Å². The molecule has 3 aromatic rings. The Balaban J connectivity index is 0.00000363. The predicted octanol–water partition coefficient (Wildman–Crippen LogP) is 4.21. The van der Waals surface area contributed by atoms with E-state index in [1.54, 1.807) is 37.4 Å². The van der Waals surface area contributed by atoms with Gasteiger partial charge in [0, 0.05) is 16.8 Å². The third-order valence-electron chi connectivity index (χ3n) is 4.62. The first-order valence-electron chi connectivity index (χ1n) is 10.1. The van der Waals surface area contributed by atoms with Crippen LogP contribution in [0.4, 0.5) is 5.69 Å². The molecule has 5 N–H and O–H groups in total. The van der Waals surface area contributed by atoms with Gasteiger partial charge in [0.25, 0.3) is 0 Å². The van der Waals surface area contributed by atoms with Gasteiger partial charge >= 0.3 is 5.97 Å². The second-order valence-corrected chi connectivity index (χ2v) is 6.93. The average Bonchev–Trinajstić information content (AvgIpc) is 3.19. The first-order chi connectivity index (χ1) is 14.9. The van der Waals surface area contributed by atoms with Crippen LogP contribution < -0.4 is 15.8 Å². The van der Waals surface area contributed by atoms with Gasteiger partial charge in [0.1, 0.15) is 17.4 Å². The largest absolute Gasteiger partial charge is 0.494 e. The number of carbonyl (C=O) groups excluding carboxylic acids is 1. The van der Waals surface area contributed by atoms with Crippen LogP contribution in [0.15, 0.2) is 48.7 Å². The molecular formula is C23H28ClN5O3. The summed E-state index contributed by atoms with van der Waals surface area (Å²) in [5, 5.41) is 10.8. The van der Waals surface area contributed by atoms with E-state index in [1.165, 1.54) is 0 Å².